The number of hydrogen-bond acceptors (Lipinski definition) is 0. The molecule has 0 saturated carbocycles. The van der Waals surface area contributed by atoms with Gasteiger partial charge in [-0.15, -0.1) is 0 Å². The first kappa shape index (κ1) is 19.3. The molecule has 0 radical (unpaired) electrons. The van der Waals surface area contributed by atoms with E-state index in [1.165, 1.54) is 19.3 Å². The van der Waals surface area contributed by atoms with Crippen LogP contribution in [0.1, 0.15) is 39.0 Å². The summed E-state index contributed by atoms with van der Waals surface area (Å²) in [6.45, 7) is 5.97. The van der Waals surface area contributed by atoms with Crippen LogP contribution in [0.4, 0.5) is 0 Å². The topological polar surface area (TPSA) is 0 Å². The summed E-state index contributed by atoms with van der Waals surface area (Å²) in [4.78, 5) is 0. The molecular weight excluding hydrogens is 236 g/mol. The van der Waals surface area contributed by atoms with Crippen LogP contribution >= 0.6 is 0 Å². The van der Waals surface area contributed by atoms with E-state index in [0.717, 1.165) is 12.8 Å². The molecule has 0 bridgehead atoms. The number of halogens is 1. The summed E-state index contributed by atoms with van der Waals surface area (Å²) < 4.78 is 0. The zero-order chi connectivity index (χ0) is 8.36. The molecule has 0 spiro atoms. The van der Waals surface area contributed by atoms with Crippen LogP contribution in [0.25, 0.3) is 0 Å². The first-order valence-corrected chi connectivity index (χ1v) is 4.52. The molecule has 0 rings (SSSR count). The summed E-state index contributed by atoms with van der Waals surface area (Å²) in [5, 5.41) is 0. The molecule has 0 nitrogen and oxygen atoms in total. The van der Waals surface area contributed by atoms with Gasteiger partial charge in [-0.25, -0.2) is 0 Å². The van der Waals surface area contributed by atoms with E-state index in [4.69, 9.17) is 0 Å². The number of allylic oxidation sites excluding steroid dienone is 4. The summed E-state index contributed by atoms with van der Waals surface area (Å²) in [5.74, 6) is 0. The maximum atomic E-state index is 3.76. The van der Waals surface area contributed by atoms with Crippen LogP contribution in [0.15, 0.2) is 24.3 Å². The molecule has 0 amide bonds. The standard InChI is InChI=1S/C11H19.BrH.Mg/c1-3-5-7-9-11-10-8-6-4-2;;/h7,9-11H,1,3-6,8H2,2H3;1H;/q-1;;+2/p-1/b9-7-,11-10+;;. The predicted octanol–water partition coefficient (Wildman–Crippen LogP) is 0.526. The summed E-state index contributed by atoms with van der Waals surface area (Å²) in [5.41, 5.74) is 0. The average molecular weight is 255 g/mol. The molecule has 2 heteroatoms. The Balaban J connectivity index is -0.000000500. The van der Waals surface area contributed by atoms with Crippen molar-refractivity contribution < 1.29 is 17.0 Å². The molecule has 0 heterocycles. The zero-order valence-corrected chi connectivity index (χ0v) is 11.6. The van der Waals surface area contributed by atoms with Crippen LogP contribution in [0.3, 0.4) is 0 Å². The number of rotatable bonds is 6. The summed E-state index contributed by atoms with van der Waals surface area (Å²) in [7, 11) is 0. The minimum atomic E-state index is 0. The average Bonchev–Trinajstić information content (AvgIpc) is 2.03. The maximum Gasteiger partial charge on any atom is 2.00 e. The number of unbranched alkanes of at least 4 members (excludes halogenated alkanes) is 3. The third kappa shape index (κ3) is 19.2. The van der Waals surface area contributed by atoms with Crippen LogP contribution in [-0.4, -0.2) is 23.1 Å². The van der Waals surface area contributed by atoms with Gasteiger partial charge in [0.2, 0.25) is 0 Å². The van der Waals surface area contributed by atoms with Crippen molar-refractivity contribution in [1.29, 1.82) is 0 Å². The van der Waals surface area contributed by atoms with Crippen molar-refractivity contribution in [2.75, 3.05) is 0 Å². The molecule has 72 valence electrons. The first-order chi connectivity index (χ1) is 5.41. The van der Waals surface area contributed by atoms with E-state index in [2.05, 4.69) is 38.2 Å². The first-order valence-electron chi connectivity index (χ1n) is 4.52. The van der Waals surface area contributed by atoms with Crippen molar-refractivity contribution >= 4 is 23.1 Å². The van der Waals surface area contributed by atoms with Gasteiger partial charge in [-0.3, -0.25) is 0 Å². The molecular formula is C11H19BrMg. The van der Waals surface area contributed by atoms with E-state index in [1.807, 2.05) is 0 Å². The Hall–Kier alpha value is 0.726. The van der Waals surface area contributed by atoms with E-state index >= 15 is 0 Å². The van der Waals surface area contributed by atoms with Gasteiger partial charge in [-0.1, -0.05) is 50.5 Å². The molecule has 0 saturated heterocycles. The van der Waals surface area contributed by atoms with Gasteiger partial charge in [-0.05, 0) is 6.42 Å². The van der Waals surface area contributed by atoms with E-state index in [0.29, 0.717) is 0 Å². The van der Waals surface area contributed by atoms with Crippen molar-refractivity contribution in [1.82, 2.24) is 0 Å². The molecule has 0 unspecified atom stereocenters. The van der Waals surface area contributed by atoms with E-state index < -0.39 is 0 Å². The van der Waals surface area contributed by atoms with Gasteiger partial charge in [0.25, 0.3) is 0 Å². The Labute approximate surface area is 110 Å². The molecule has 0 aliphatic carbocycles. The Morgan fingerprint density at radius 1 is 1.08 bits per heavy atom. The molecule has 0 aromatic rings. The summed E-state index contributed by atoms with van der Waals surface area (Å²) in [6, 6.07) is 0. The van der Waals surface area contributed by atoms with Gasteiger partial charge in [-0.2, -0.15) is 6.42 Å². The summed E-state index contributed by atoms with van der Waals surface area (Å²) in [6.07, 6.45) is 14.5. The smallest absolute Gasteiger partial charge is 1.00 e. The molecule has 0 aliphatic rings. The van der Waals surface area contributed by atoms with Gasteiger partial charge < -0.3 is 23.9 Å². The Bertz CT molecular complexity index is 119. The fourth-order valence-electron chi connectivity index (χ4n) is 0.789. The second-order valence-corrected chi connectivity index (χ2v) is 2.64. The minimum Gasteiger partial charge on any atom is -1.00 e. The van der Waals surface area contributed by atoms with Crippen LogP contribution < -0.4 is 17.0 Å². The molecule has 0 aromatic carbocycles. The van der Waals surface area contributed by atoms with Crippen LogP contribution in [0.2, 0.25) is 0 Å². The molecule has 13 heavy (non-hydrogen) atoms. The van der Waals surface area contributed by atoms with E-state index in [-0.39, 0.29) is 40.0 Å². The van der Waals surface area contributed by atoms with E-state index in [1.54, 1.807) is 0 Å². The normalized spacial score (nSPS) is 10.0. The van der Waals surface area contributed by atoms with Gasteiger partial charge in [0.1, 0.15) is 0 Å². The third-order valence-electron chi connectivity index (χ3n) is 1.48. The van der Waals surface area contributed by atoms with Crippen LogP contribution in [0.5, 0.6) is 0 Å². The minimum absolute atomic E-state index is 0. The second-order valence-electron chi connectivity index (χ2n) is 2.64. The fourth-order valence-corrected chi connectivity index (χ4v) is 0.789. The quantitative estimate of drug-likeness (QED) is 0.281. The molecule has 0 fully saturated rings. The van der Waals surface area contributed by atoms with Crippen molar-refractivity contribution in [3.8, 4) is 0 Å². The molecule has 0 aromatic heterocycles. The van der Waals surface area contributed by atoms with Gasteiger partial charge in [0.15, 0.2) is 0 Å². The zero-order valence-electron chi connectivity index (χ0n) is 8.64. The Morgan fingerprint density at radius 2 is 1.62 bits per heavy atom. The third-order valence-corrected chi connectivity index (χ3v) is 1.48. The van der Waals surface area contributed by atoms with Gasteiger partial charge >= 0.3 is 23.1 Å². The van der Waals surface area contributed by atoms with E-state index in [9.17, 15) is 0 Å². The number of hydrogen-bond donors (Lipinski definition) is 0. The van der Waals surface area contributed by atoms with Gasteiger partial charge in [0, 0.05) is 0 Å². The van der Waals surface area contributed by atoms with Crippen molar-refractivity contribution in [2.24, 2.45) is 0 Å². The van der Waals surface area contributed by atoms with Gasteiger partial charge in [0.05, 0.1) is 0 Å². The molecule has 0 aliphatic heterocycles. The molecule has 0 atom stereocenters. The van der Waals surface area contributed by atoms with Crippen LogP contribution in [0, 0.1) is 6.92 Å². The Morgan fingerprint density at radius 3 is 2.08 bits per heavy atom. The largest absolute Gasteiger partial charge is 2.00 e. The SMILES string of the molecule is [Br-].[CH2-]CC/C=C\C=C\CCCC.[Mg+2]. The van der Waals surface area contributed by atoms with Crippen molar-refractivity contribution in [2.45, 2.75) is 39.0 Å². The maximum absolute atomic E-state index is 3.76. The fraction of sp³-hybridized carbons (Fsp3) is 0.545. The monoisotopic (exact) mass is 254 g/mol. The molecule has 0 N–H and O–H groups in total. The van der Waals surface area contributed by atoms with Crippen molar-refractivity contribution in [3.63, 3.8) is 0 Å². The summed E-state index contributed by atoms with van der Waals surface area (Å²) >= 11 is 0. The van der Waals surface area contributed by atoms with Crippen LogP contribution in [-0.2, 0) is 0 Å². The van der Waals surface area contributed by atoms with Crippen molar-refractivity contribution in [3.05, 3.63) is 31.2 Å². The Kier molecular flexibility index (Phi) is 27.5. The predicted molar refractivity (Wildman–Crippen MR) is 58.2 cm³/mol. The second kappa shape index (κ2) is 18.5.